The molecule has 2 heterocycles. The smallest absolute Gasteiger partial charge is 0.190 e. The third-order valence-electron chi connectivity index (χ3n) is 3.08. The monoisotopic (exact) mass is 268 g/mol. The van der Waals surface area contributed by atoms with Crippen LogP contribution in [0, 0.1) is 5.82 Å². The second-order valence-electron chi connectivity index (χ2n) is 4.35. The molecule has 0 aliphatic carbocycles. The van der Waals surface area contributed by atoms with E-state index in [0.717, 1.165) is 11.1 Å². The van der Waals surface area contributed by atoms with E-state index in [0.29, 0.717) is 5.56 Å². The lowest BCUT2D eigenvalue weighted by Crippen LogP contribution is -2.07. The van der Waals surface area contributed by atoms with Gasteiger partial charge >= 0.3 is 0 Å². The van der Waals surface area contributed by atoms with E-state index in [4.69, 9.17) is 5.73 Å². The van der Waals surface area contributed by atoms with E-state index in [1.807, 2.05) is 30.3 Å². The zero-order valence-corrected chi connectivity index (χ0v) is 10.7. The highest BCUT2D eigenvalue weighted by atomic mass is 19.1. The van der Waals surface area contributed by atoms with Crippen LogP contribution in [0.3, 0.4) is 0 Å². The number of halogens is 1. The largest absolute Gasteiger partial charge is 0.326 e. The van der Waals surface area contributed by atoms with Gasteiger partial charge in [0.2, 0.25) is 0 Å². The van der Waals surface area contributed by atoms with Crippen LogP contribution in [0.4, 0.5) is 4.39 Å². The Hall–Kier alpha value is -2.53. The molecule has 5 heteroatoms. The van der Waals surface area contributed by atoms with Gasteiger partial charge in [-0.05, 0) is 11.6 Å². The Morgan fingerprint density at radius 1 is 1.10 bits per heavy atom. The fraction of sp³-hybridized carbons (Fsp3) is 0.0667. The molecule has 2 N–H and O–H groups in total. The Labute approximate surface area is 115 Å². The summed E-state index contributed by atoms with van der Waals surface area (Å²) in [5.74, 6) is -0.271. The quantitative estimate of drug-likeness (QED) is 0.794. The van der Waals surface area contributed by atoms with Crippen molar-refractivity contribution >= 4 is 0 Å². The summed E-state index contributed by atoms with van der Waals surface area (Å²) in [5.41, 5.74) is 7.85. The summed E-state index contributed by atoms with van der Waals surface area (Å²) in [6.07, 6.45) is 4.97. The van der Waals surface area contributed by atoms with Gasteiger partial charge in [0.1, 0.15) is 0 Å². The summed E-state index contributed by atoms with van der Waals surface area (Å²) in [6.45, 7) is 0.133. The van der Waals surface area contributed by atoms with Crippen molar-refractivity contribution in [2.75, 3.05) is 0 Å². The summed E-state index contributed by atoms with van der Waals surface area (Å²) >= 11 is 0. The lowest BCUT2D eigenvalue weighted by Gasteiger charge is -2.05. The second kappa shape index (κ2) is 5.22. The number of benzene rings is 1. The van der Waals surface area contributed by atoms with E-state index in [9.17, 15) is 4.39 Å². The van der Waals surface area contributed by atoms with Crippen LogP contribution in [0.15, 0.2) is 55.0 Å². The van der Waals surface area contributed by atoms with E-state index in [-0.39, 0.29) is 12.4 Å². The molecule has 0 unspecified atom stereocenters. The maximum Gasteiger partial charge on any atom is 0.190 e. The summed E-state index contributed by atoms with van der Waals surface area (Å²) in [5, 5.41) is 4.17. The molecular formula is C15H13FN4. The summed E-state index contributed by atoms with van der Waals surface area (Å²) in [4.78, 5) is 4.03. The minimum atomic E-state index is -0.433. The molecule has 0 aliphatic heterocycles. The van der Waals surface area contributed by atoms with Gasteiger partial charge in [0, 0.05) is 30.1 Å². The molecule has 20 heavy (non-hydrogen) atoms. The number of rotatable bonds is 3. The first-order valence-corrected chi connectivity index (χ1v) is 6.23. The highest BCUT2D eigenvalue weighted by Crippen LogP contribution is 2.20. The number of hydrogen-bond donors (Lipinski definition) is 1. The first-order chi connectivity index (χ1) is 9.79. The Bertz CT molecular complexity index is 722. The SMILES string of the molecule is NCc1ccnc(-n2cc(-c3ccccc3)cn2)c1F. The minimum Gasteiger partial charge on any atom is -0.326 e. The van der Waals surface area contributed by atoms with Crippen molar-refractivity contribution < 1.29 is 4.39 Å². The molecule has 3 aromatic rings. The molecule has 0 aliphatic rings. The van der Waals surface area contributed by atoms with Gasteiger partial charge in [-0.3, -0.25) is 0 Å². The molecule has 0 saturated carbocycles. The average molecular weight is 268 g/mol. The van der Waals surface area contributed by atoms with Crippen LogP contribution < -0.4 is 5.73 Å². The topological polar surface area (TPSA) is 56.7 Å². The molecule has 3 rings (SSSR count). The van der Waals surface area contributed by atoms with Crippen LogP contribution in [0.2, 0.25) is 0 Å². The van der Waals surface area contributed by atoms with E-state index in [2.05, 4.69) is 10.1 Å². The van der Waals surface area contributed by atoms with Crippen LogP contribution >= 0.6 is 0 Å². The molecule has 0 atom stereocenters. The van der Waals surface area contributed by atoms with Gasteiger partial charge in [-0.15, -0.1) is 0 Å². The minimum absolute atomic E-state index is 0.133. The van der Waals surface area contributed by atoms with Crippen molar-refractivity contribution in [3.63, 3.8) is 0 Å². The van der Waals surface area contributed by atoms with Crippen molar-refractivity contribution in [1.29, 1.82) is 0 Å². The first kappa shape index (κ1) is 12.5. The van der Waals surface area contributed by atoms with E-state index in [1.165, 1.54) is 10.9 Å². The van der Waals surface area contributed by atoms with Gasteiger partial charge in [-0.25, -0.2) is 14.1 Å². The lowest BCUT2D eigenvalue weighted by atomic mass is 10.1. The fourth-order valence-electron chi connectivity index (χ4n) is 2.01. The standard InChI is InChI=1S/C15H13FN4/c16-14-12(8-17)6-7-18-15(14)20-10-13(9-19-20)11-4-2-1-3-5-11/h1-7,9-10H,8,17H2. The molecule has 0 fully saturated rings. The lowest BCUT2D eigenvalue weighted by molar-refractivity contribution is 0.585. The summed E-state index contributed by atoms with van der Waals surface area (Å²) < 4.78 is 15.6. The van der Waals surface area contributed by atoms with Gasteiger partial charge in [-0.1, -0.05) is 30.3 Å². The molecular weight excluding hydrogens is 255 g/mol. The number of pyridine rings is 1. The second-order valence-corrected chi connectivity index (χ2v) is 4.35. The van der Waals surface area contributed by atoms with E-state index < -0.39 is 5.82 Å². The van der Waals surface area contributed by atoms with Gasteiger partial charge < -0.3 is 5.73 Å². The van der Waals surface area contributed by atoms with Crippen LogP contribution in [-0.4, -0.2) is 14.8 Å². The number of nitrogens with zero attached hydrogens (tertiary/aromatic N) is 3. The zero-order chi connectivity index (χ0) is 13.9. The molecule has 4 nitrogen and oxygen atoms in total. The predicted molar refractivity (Wildman–Crippen MR) is 74.6 cm³/mol. The number of hydrogen-bond acceptors (Lipinski definition) is 3. The number of aromatic nitrogens is 3. The molecule has 0 spiro atoms. The zero-order valence-electron chi connectivity index (χ0n) is 10.7. The van der Waals surface area contributed by atoms with Crippen LogP contribution in [-0.2, 0) is 6.54 Å². The van der Waals surface area contributed by atoms with Crippen molar-refractivity contribution in [3.8, 4) is 16.9 Å². The number of nitrogens with two attached hydrogens (primary N) is 1. The normalized spacial score (nSPS) is 10.7. The van der Waals surface area contributed by atoms with E-state index >= 15 is 0 Å². The first-order valence-electron chi connectivity index (χ1n) is 6.23. The summed E-state index contributed by atoms with van der Waals surface area (Å²) in [7, 11) is 0. The summed E-state index contributed by atoms with van der Waals surface area (Å²) in [6, 6.07) is 11.4. The molecule has 100 valence electrons. The van der Waals surface area contributed by atoms with Crippen molar-refractivity contribution in [3.05, 3.63) is 66.4 Å². The Morgan fingerprint density at radius 3 is 2.65 bits per heavy atom. The molecule has 0 amide bonds. The van der Waals surface area contributed by atoms with Gasteiger partial charge in [0.15, 0.2) is 11.6 Å². The van der Waals surface area contributed by atoms with Crippen molar-refractivity contribution in [2.45, 2.75) is 6.54 Å². The van der Waals surface area contributed by atoms with Crippen LogP contribution in [0.1, 0.15) is 5.56 Å². The third kappa shape index (κ3) is 2.19. The average Bonchev–Trinajstić information content (AvgIpc) is 2.98. The molecule has 0 radical (unpaired) electrons. The maximum atomic E-state index is 14.2. The van der Waals surface area contributed by atoms with Crippen molar-refractivity contribution in [1.82, 2.24) is 14.8 Å². The highest BCUT2D eigenvalue weighted by molar-refractivity contribution is 5.61. The third-order valence-corrected chi connectivity index (χ3v) is 3.08. The predicted octanol–water partition coefficient (Wildman–Crippen LogP) is 2.53. The molecule has 0 saturated heterocycles. The highest BCUT2D eigenvalue weighted by Gasteiger charge is 2.12. The maximum absolute atomic E-state index is 14.2. The van der Waals surface area contributed by atoms with E-state index in [1.54, 1.807) is 18.5 Å². The Balaban J connectivity index is 2.03. The van der Waals surface area contributed by atoms with Gasteiger partial charge in [0.05, 0.1) is 6.20 Å². The van der Waals surface area contributed by atoms with Crippen LogP contribution in [0.25, 0.3) is 16.9 Å². The molecule has 2 aromatic heterocycles. The van der Waals surface area contributed by atoms with Crippen LogP contribution in [0.5, 0.6) is 0 Å². The van der Waals surface area contributed by atoms with Crippen molar-refractivity contribution in [2.24, 2.45) is 5.73 Å². The fourth-order valence-corrected chi connectivity index (χ4v) is 2.01. The molecule has 1 aromatic carbocycles. The molecule has 0 bridgehead atoms. The van der Waals surface area contributed by atoms with Gasteiger partial charge in [0.25, 0.3) is 0 Å². The van der Waals surface area contributed by atoms with Gasteiger partial charge in [-0.2, -0.15) is 5.10 Å². The Kier molecular flexibility index (Phi) is 3.26. The Morgan fingerprint density at radius 2 is 1.90 bits per heavy atom.